The molecule has 3 heterocycles. The fourth-order valence-electron chi connectivity index (χ4n) is 2.64. The predicted octanol–water partition coefficient (Wildman–Crippen LogP) is -1.25. The molecule has 3 rings (SSSR count). The lowest BCUT2D eigenvalue weighted by atomic mass is 10.3. The summed E-state index contributed by atoms with van der Waals surface area (Å²) in [5.74, 6) is 0.803. The summed E-state index contributed by atoms with van der Waals surface area (Å²) in [5.41, 5.74) is 0. The van der Waals surface area contributed by atoms with Crippen LogP contribution >= 0.6 is 0 Å². The highest BCUT2D eigenvalue weighted by Crippen LogP contribution is 2.16. The molecule has 2 aliphatic heterocycles. The Labute approximate surface area is 125 Å². The Kier molecular flexibility index (Phi) is 4.34. The van der Waals surface area contributed by atoms with Crippen molar-refractivity contribution in [2.24, 2.45) is 0 Å². The van der Waals surface area contributed by atoms with Crippen LogP contribution in [0.5, 0.6) is 0 Å². The van der Waals surface area contributed by atoms with Crippen LogP contribution in [0.3, 0.4) is 0 Å². The van der Waals surface area contributed by atoms with E-state index in [0.29, 0.717) is 39.3 Å². The van der Waals surface area contributed by atoms with Crippen LogP contribution in [-0.4, -0.2) is 79.4 Å². The summed E-state index contributed by atoms with van der Waals surface area (Å²) < 4.78 is 28.3. The molecule has 0 aliphatic carbocycles. The second kappa shape index (κ2) is 6.22. The Morgan fingerprint density at radius 3 is 2.24 bits per heavy atom. The van der Waals surface area contributed by atoms with Crippen molar-refractivity contribution in [3.63, 3.8) is 0 Å². The fourth-order valence-corrected chi connectivity index (χ4v) is 4.24. The molecule has 1 N–H and O–H groups in total. The van der Waals surface area contributed by atoms with E-state index in [-0.39, 0.29) is 0 Å². The van der Waals surface area contributed by atoms with Crippen LogP contribution in [-0.2, 0) is 10.2 Å². The van der Waals surface area contributed by atoms with Gasteiger partial charge in [-0.05, 0) is 0 Å². The van der Waals surface area contributed by atoms with E-state index in [4.69, 9.17) is 0 Å². The van der Waals surface area contributed by atoms with Crippen LogP contribution in [0.4, 0.5) is 5.82 Å². The molecule has 0 unspecified atom stereocenters. The molecule has 0 radical (unpaired) electrons. The molecular formula is C12H20N6O2S. The van der Waals surface area contributed by atoms with Crippen molar-refractivity contribution in [3.8, 4) is 0 Å². The summed E-state index contributed by atoms with van der Waals surface area (Å²) in [7, 11) is -3.33. The number of anilines is 1. The van der Waals surface area contributed by atoms with Gasteiger partial charge < -0.3 is 10.2 Å². The predicted molar refractivity (Wildman–Crippen MR) is 79.2 cm³/mol. The minimum absolute atomic E-state index is 0.489. The van der Waals surface area contributed by atoms with Crippen molar-refractivity contribution < 1.29 is 8.42 Å². The molecule has 9 heteroatoms. The van der Waals surface area contributed by atoms with Gasteiger partial charge in [-0.2, -0.15) is 17.0 Å². The maximum absolute atomic E-state index is 12.6. The monoisotopic (exact) mass is 312 g/mol. The standard InChI is InChI=1S/C12H20N6O2S/c19-21(20,17-5-3-13-4-6-17)18-9-7-16(8-10-18)12-11-14-1-2-15-12/h1-2,11,13H,3-10H2. The van der Waals surface area contributed by atoms with Gasteiger partial charge >= 0.3 is 0 Å². The zero-order valence-electron chi connectivity index (χ0n) is 11.8. The quantitative estimate of drug-likeness (QED) is 0.751. The molecule has 2 saturated heterocycles. The van der Waals surface area contributed by atoms with E-state index >= 15 is 0 Å². The maximum Gasteiger partial charge on any atom is 0.282 e. The van der Waals surface area contributed by atoms with Crippen LogP contribution < -0.4 is 10.2 Å². The third-order valence-electron chi connectivity index (χ3n) is 3.84. The minimum atomic E-state index is -3.33. The molecule has 8 nitrogen and oxygen atoms in total. The highest BCUT2D eigenvalue weighted by atomic mass is 32.2. The van der Waals surface area contributed by atoms with Crippen molar-refractivity contribution in [1.82, 2.24) is 23.9 Å². The highest BCUT2D eigenvalue weighted by molar-refractivity contribution is 7.86. The normalized spacial score (nSPS) is 22.4. The Morgan fingerprint density at radius 1 is 0.952 bits per heavy atom. The zero-order valence-corrected chi connectivity index (χ0v) is 12.7. The first-order valence-corrected chi connectivity index (χ1v) is 8.54. The third kappa shape index (κ3) is 3.15. The Bertz CT molecular complexity index is 552. The average Bonchev–Trinajstić information content (AvgIpc) is 2.57. The second-order valence-electron chi connectivity index (χ2n) is 5.11. The molecule has 2 fully saturated rings. The molecule has 0 bridgehead atoms. The van der Waals surface area contributed by atoms with E-state index in [2.05, 4.69) is 20.2 Å². The second-order valence-corrected chi connectivity index (χ2v) is 7.03. The van der Waals surface area contributed by atoms with Gasteiger partial charge in [-0.3, -0.25) is 4.98 Å². The lowest BCUT2D eigenvalue weighted by Gasteiger charge is -2.38. The summed E-state index contributed by atoms with van der Waals surface area (Å²) in [6.07, 6.45) is 4.99. The highest BCUT2D eigenvalue weighted by Gasteiger charge is 2.33. The molecule has 0 amide bonds. The van der Waals surface area contributed by atoms with Crippen LogP contribution in [0.1, 0.15) is 0 Å². The first kappa shape index (κ1) is 14.6. The van der Waals surface area contributed by atoms with Gasteiger partial charge in [-0.25, -0.2) is 4.98 Å². The SMILES string of the molecule is O=S(=O)(N1CCNCC1)N1CCN(c2cnccn2)CC1. The lowest BCUT2D eigenvalue weighted by molar-refractivity contribution is 0.303. The first-order chi connectivity index (χ1) is 10.2. The van der Waals surface area contributed by atoms with Gasteiger partial charge in [0.05, 0.1) is 6.20 Å². The zero-order chi connectivity index (χ0) is 14.7. The summed E-state index contributed by atoms with van der Waals surface area (Å²) in [6, 6.07) is 0. The van der Waals surface area contributed by atoms with Crippen molar-refractivity contribution in [1.29, 1.82) is 0 Å². The molecular weight excluding hydrogens is 292 g/mol. The number of hydrogen-bond donors (Lipinski definition) is 1. The molecule has 0 atom stereocenters. The van der Waals surface area contributed by atoms with E-state index in [1.807, 2.05) is 0 Å². The number of piperazine rings is 2. The smallest absolute Gasteiger partial charge is 0.282 e. The Hall–Kier alpha value is -1.29. The Morgan fingerprint density at radius 2 is 1.62 bits per heavy atom. The first-order valence-electron chi connectivity index (χ1n) is 7.15. The average molecular weight is 312 g/mol. The lowest BCUT2D eigenvalue weighted by Crippen LogP contribution is -2.56. The van der Waals surface area contributed by atoms with Crippen molar-refractivity contribution in [3.05, 3.63) is 18.6 Å². The maximum atomic E-state index is 12.6. The molecule has 0 aromatic carbocycles. The minimum Gasteiger partial charge on any atom is -0.353 e. The van der Waals surface area contributed by atoms with Gasteiger partial charge in [0.15, 0.2) is 0 Å². The number of rotatable bonds is 3. The van der Waals surface area contributed by atoms with Crippen LogP contribution in [0.2, 0.25) is 0 Å². The molecule has 116 valence electrons. The van der Waals surface area contributed by atoms with Gasteiger partial charge in [0, 0.05) is 64.8 Å². The van der Waals surface area contributed by atoms with E-state index in [1.54, 1.807) is 27.2 Å². The molecule has 0 spiro atoms. The van der Waals surface area contributed by atoms with Gasteiger partial charge in [-0.1, -0.05) is 0 Å². The molecule has 21 heavy (non-hydrogen) atoms. The van der Waals surface area contributed by atoms with E-state index in [1.165, 1.54) is 0 Å². The summed E-state index contributed by atoms with van der Waals surface area (Å²) in [6.45, 7) is 4.80. The van der Waals surface area contributed by atoms with E-state index in [9.17, 15) is 8.42 Å². The topological polar surface area (TPSA) is 81.7 Å². The van der Waals surface area contributed by atoms with Gasteiger partial charge in [0.25, 0.3) is 10.2 Å². The summed E-state index contributed by atoms with van der Waals surface area (Å²) >= 11 is 0. The van der Waals surface area contributed by atoms with Gasteiger partial charge in [0.1, 0.15) is 5.82 Å². The number of nitrogens with one attached hydrogen (secondary N) is 1. The number of hydrogen-bond acceptors (Lipinski definition) is 6. The molecule has 1 aromatic heterocycles. The van der Waals surface area contributed by atoms with Crippen LogP contribution in [0, 0.1) is 0 Å². The Balaban J connectivity index is 1.62. The summed E-state index contributed by atoms with van der Waals surface area (Å²) in [4.78, 5) is 10.4. The van der Waals surface area contributed by atoms with Crippen LogP contribution in [0.15, 0.2) is 18.6 Å². The fraction of sp³-hybridized carbons (Fsp3) is 0.667. The number of aromatic nitrogens is 2. The molecule has 2 aliphatic rings. The molecule has 0 saturated carbocycles. The van der Waals surface area contributed by atoms with E-state index < -0.39 is 10.2 Å². The third-order valence-corrected chi connectivity index (χ3v) is 5.88. The van der Waals surface area contributed by atoms with Gasteiger partial charge in [-0.15, -0.1) is 0 Å². The summed E-state index contributed by atoms with van der Waals surface area (Å²) in [5, 5.41) is 3.17. The van der Waals surface area contributed by atoms with Crippen LogP contribution in [0.25, 0.3) is 0 Å². The van der Waals surface area contributed by atoms with Gasteiger partial charge in [0.2, 0.25) is 0 Å². The largest absolute Gasteiger partial charge is 0.353 e. The number of nitrogens with zero attached hydrogens (tertiary/aromatic N) is 5. The van der Waals surface area contributed by atoms with Crippen molar-refractivity contribution >= 4 is 16.0 Å². The van der Waals surface area contributed by atoms with Crippen molar-refractivity contribution in [2.45, 2.75) is 0 Å². The van der Waals surface area contributed by atoms with E-state index in [0.717, 1.165) is 18.9 Å². The van der Waals surface area contributed by atoms with Crippen molar-refractivity contribution in [2.75, 3.05) is 57.3 Å². The molecule has 1 aromatic rings.